The van der Waals surface area contributed by atoms with Gasteiger partial charge in [0.05, 0.1) is 18.6 Å². The molecule has 5 heteroatoms. The number of amides is 1. The van der Waals surface area contributed by atoms with Crippen molar-refractivity contribution in [2.24, 2.45) is 11.8 Å². The zero-order valence-electron chi connectivity index (χ0n) is 13.1. The lowest BCUT2D eigenvalue weighted by atomic mass is 9.96. The number of piperidine rings is 1. The van der Waals surface area contributed by atoms with Crippen LogP contribution in [0.4, 0.5) is 0 Å². The molecule has 1 saturated heterocycles. The van der Waals surface area contributed by atoms with E-state index in [0.717, 1.165) is 25.9 Å². The molecule has 1 atom stereocenters. The normalized spacial score (nSPS) is 18.9. The first-order valence-electron chi connectivity index (χ1n) is 7.64. The van der Waals surface area contributed by atoms with Gasteiger partial charge in [-0.05, 0) is 45.7 Å². The molecule has 0 aromatic carbocycles. The average molecular weight is 284 g/mol. The summed E-state index contributed by atoms with van der Waals surface area (Å²) < 4.78 is 5.05. The second-order valence-electron chi connectivity index (χ2n) is 5.88. The van der Waals surface area contributed by atoms with Crippen molar-refractivity contribution in [2.75, 3.05) is 26.2 Å². The molecule has 0 aromatic heterocycles. The van der Waals surface area contributed by atoms with Gasteiger partial charge >= 0.3 is 5.97 Å². The lowest BCUT2D eigenvalue weighted by molar-refractivity contribution is -0.149. The molecule has 116 valence electrons. The highest BCUT2D eigenvalue weighted by molar-refractivity contribution is 5.81. The summed E-state index contributed by atoms with van der Waals surface area (Å²) in [6.45, 7) is 10.6. The number of carbonyl (C=O) groups is 2. The van der Waals surface area contributed by atoms with Crippen molar-refractivity contribution in [3.63, 3.8) is 0 Å². The first-order valence-corrected chi connectivity index (χ1v) is 7.64. The minimum Gasteiger partial charge on any atom is -0.466 e. The molecule has 1 heterocycles. The number of esters is 1. The molecule has 0 spiro atoms. The molecule has 0 aromatic rings. The van der Waals surface area contributed by atoms with E-state index in [4.69, 9.17) is 4.74 Å². The minimum atomic E-state index is -0.128. The summed E-state index contributed by atoms with van der Waals surface area (Å²) >= 11 is 0. The van der Waals surface area contributed by atoms with Crippen molar-refractivity contribution in [3.05, 3.63) is 0 Å². The van der Waals surface area contributed by atoms with Gasteiger partial charge in [0.2, 0.25) is 5.91 Å². The van der Waals surface area contributed by atoms with Crippen LogP contribution in [0, 0.1) is 11.8 Å². The molecule has 20 heavy (non-hydrogen) atoms. The van der Waals surface area contributed by atoms with Crippen molar-refractivity contribution < 1.29 is 14.3 Å². The standard InChI is InChI=1S/C15H28N2O3/c1-5-20-15(19)13-6-8-17(9-7-13)12(4)14(18)16-10-11(2)3/h11-13H,5-10H2,1-4H3,(H,16,18). The lowest BCUT2D eigenvalue weighted by Gasteiger charge is -2.34. The van der Waals surface area contributed by atoms with Gasteiger partial charge in [0, 0.05) is 6.54 Å². The maximum Gasteiger partial charge on any atom is 0.309 e. The Kier molecular flexibility index (Phi) is 6.99. The smallest absolute Gasteiger partial charge is 0.309 e. The Morgan fingerprint density at radius 3 is 2.35 bits per heavy atom. The number of carbonyl (C=O) groups excluding carboxylic acids is 2. The molecule has 0 aliphatic carbocycles. The van der Waals surface area contributed by atoms with Gasteiger partial charge in [-0.3, -0.25) is 14.5 Å². The molecule has 0 bridgehead atoms. The number of ether oxygens (including phenoxy) is 1. The number of nitrogens with one attached hydrogen (secondary N) is 1. The highest BCUT2D eigenvalue weighted by Crippen LogP contribution is 2.20. The van der Waals surface area contributed by atoms with Crippen molar-refractivity contribution >= 4 is 11.9 Å². The maximum absolute atomic E-state index is 12.0. The van der Waals surface area contributed by atoms with Crippen LogP contribution in [0.1, 0.15) is 40.5 Å². The Morgan fingerprint density at radius 1 is 1.25 bits per heavy atom. The summed E-state index contributed by atoms with van der Waals surface area (Å²) in [6, 6.07) is -0.128. The number of nitrogens with zero attached hydrogens (tertiary/aromatic N) is 1. The zero-order valence-corrected chi connectivity index (χ0v) is 13.1. The molecule has 5 nitrogen and oxygen atoms in total. The van der Waals surface area contributed by atoms with Crippen LogP contribution < -0.4 is 5.32 Å². The molecule has 1 N–H and O–H groups in total. The van der Waals surface area contributed by atoms with Crippen LogP contribution in [-0.2, 0) is 14.3 Å². The van der Waals surface area contributed by atoms with Gasteiger partial charge in [-0.25, -0.2) is 0 Å². The second kappa shape index (κ2) is 8.25. The highest BCUT2D eigenvalue weighted by Gasteiger charge is 2.30. The summed E-state index contributed by atoms with van der Waals surface area (Å²) in [5, 5.41) is 2.96. The largest absolute Gasteiger partial charge is 0.466 e. The first-order chi connectivity index (χ1) is 9.45. The van der Waals surface area contributed by atoms with Crippen LogP contribution in [0.3, 0.4) is 0 Å². The molecule has 1 aliphatic heterocycles. The molecule has 1 aliphatic rings. The Hall–Kier alpha value is -1.10. The fraction of sp³-hybridized carbons (Fsp3) is 0.867. The topological polar surface area (TPSA) is 58.6 Å². The fourth-order valence-corrected chi connectivity index (χ4v) is 2.40. The van der Waals surface area contributed by atoms with Crippen LogP contribution in [0.5, 0.6) is 0 Å². The summed E-state index contributed by atoms with van der Waals surface area (Å²) in [5.41, 5.74) is 0. The SMILES string of the molecule is CCOC(=O)C1CCN(C(C)C(=O)NCC(C)C)CC1. The highest BCUT2D eigenvalue weighted by atomic mass is 16.5. The van der Waals surface area contributed by atoms with E-state index < -0.39 is 0 Å². The van der Waals surface area contributed by atoms with Gasteiger partial charge in [-0.2, -0.15) is 0 Å². The summed E-state index contributed by atoms with van der Waals surface area (Å²) in [6.07, 6.45) is 1.56. The van der Waals surface area contributed by atoms with Crippen LogP contribution in [0.2, 0.25) is 0 Å². The Bertz CT molecular complexity index is 323. The van der Waals surface area contributed by atoms with Crippen LogP contribution in [0.25, 0.3) is 0 Å². The molecule has 0 radical (unpaired) electrons. The molecule has 1 amide bonds. The second-order valence-corrected chi connectivity index (χ2v) is 5.88. The predicted octanol–water partition coefficient (Wildman–Crippen LogP) is 1.42. The van der Waals surface area contributed by atoms with E-state index in [0.29, 0.717) is 19.1 Å². The van der Waals surface area contributed by atoms with Gasteiger partial charge < -0.3 is 10.1 Å². The third-order valence-corrected chi connectivity index (χ3v) is 3.76. The molecule has 0 saturated carbocycles. The zero-order chi connectivity index (χ0) is 15.1. The third-order valence-electron chi connectivity index (χ3n) is 3.76. The minimum absolute atomic E-state index is 0.00266. The maximum atomic E-state index is 12.0. The number of rotatable bonds is 6. The Morgan fingerprint density at radius 2 is 1.85 bits per heavy atom. The Balaban J connectivity index is 2.36. The van der Waals surface area contributed by atoms with E-state index in [-0.39, 0.29) is 23.8 Å². The first kappa shape index (κ1) is 17.0. The van der Waals surface area contributed by atoms with E-state index in [9.17, 15) is 9.59 Å². The summed E-state index contributed by atoms with van der Waals surface area (Å²) in [4.78, 5) is 25.8. The van der Waals surface area contributed by atoms with E-state index in [1.165, 1.54) is 0 Å². The van der Waals surface area contributed by atoms with E-state index in [1.807, 2.05) is 13.8 Å². The van der Waals surface area contributed by atoms with Gasteiger partial charge in [-0.1, -0.05) is 13.8 Å². The van der Waals surface area contributed by atoms with Crippen LogP contribution >= 0.6 is 0 Å². The van der Waals surface area contributed by atoms with Crippen molar-refractivity contribution in [2.45, 2.75) is 46.6 Å². The average Bonchev–Trinajstić information content (AvgIpc) is 2.44. The summed E-state index contributed by atoms with van der Waals surface area (Å²) in [7, 11) is 0. The van der Waals surface area contributed by atoms with Gasteiger partial charge in [0.15, 0.2) is 0 Å². The Labute approximate surface area is 122 Å². The molecule has 1 unspecified atom stereocenters. The van der Waals surface area contributed by atoms with Crippen molar-refractivity contribution in [1.29, 1.82) is 0 Å². The van der Waals surface area contributed by atoms with E-state index in [1.54, 1.807) is 0 Å². The van der Waals surface area contributed by atoms with Crippen LogP contribution in [-0.4, -0.2) is 49.1 Å². The lowest BCUT2D eigenvalue weighted by Crippen LogP contribution is -2.49. The van der Waals surface area contributed by atoms with Gasteiger partial charge in [0.1, 0.15) is 0 Å². The molecule has 1 rings (SSSR count). The van der Waals surface area contributed by atoms with E-state index >= 15 is 0 Å². The van der Waals surface area contributed by atoms with Gasteiger partial charge in [-0.15, -0.1) is 0 Å². The number of hydrogen-bond acceptors (Lipinski definition) is 4. The number of hydrogen-bond donors (Lipinski definition) is 1. The predicted molar refractivity (Wildman–Crippen MR) is 78.2 cm³/mol. The monoisotopic (exact) mass is 284 g/mol. The van der Waals surface area contributed by atoms with Crippen molar-refractivity contribution in [3.8, 4) is 0 Å². The fourth-order valence-electron chi connectivity index (χ4n) is 2.40. The van der Waals surface area contributed by atoms with Crippen molar-refractivity contribution in [1.82, 2.24) is 10.2 Å². The third kappa shape index (κ3) is 5.12. The van der Waals surface area contributed by atoms with Gasteiger partial charge in [0.25, 0.3) is 0 Å². The summed E-state index contributed by atoms with van der Waals surface area (Å²) in [5.74, 6) is 0.440. The molecular weight excluding hydrogens is 256 g/mol. The quantitative estimate of drug-likeness (QED) is 0.750. The van der Waals surface area contributed by atoms with E-state index in [2.05, 4.69) is 24.1 Å². The van der Waals surface area contributed by atoms with Crippen LogP contribution in [0.15, 0.2) is 0 Å². The molecular formula is C15H28N2O3. The number of likely N-dealkylation sites (tertiary alicyclic amines) is 1. The molecule has 1 fully saturated rings.